The highest BCUT2D eigenvalue weighted by atomic mass is 16.5. The summed E-state index contributed by atoms with van der Waals surface area (Å²) in [6.45, 7) is -0.276. The predicted molar refractivity (Wildman–Crippen MR) is 87.1 cm³/mol. The third-order valence-corrected chi connectivity index (χ3v) is 3.22. The molecule has 0 heterocycles. The molecule has 0 amide bonds. The summed E-state index contributed by atoms with van der Waals surface area (Å²) in [4.78, 5) is 0. The van der Waals surface area contributed by atoms with E-state index in [0.717, 1.165) is 0 Å². The van der Waals surface area contributed by atoms with Crippen LogP contribution < -0.4 is 9.47 Å². The molecule has 3 aromatic carbocycles. The van der Waals surface area contributed by atoms with Crippen molar-refractivity contribution >= 4 is 0 Å². The van der Waals surface area contributed by atoms with Gasteiger partial charge in [-0.3, -0.25) is 0 Å². The summed E-state index contributed by atoms with van der Waals surface area (Å²) in [6.07, 6.45) is 0. The Morgan fingerprint density at radius 1 is 0.739 bits per heavy atom. The van der Waals surface area contributed by atoms with Gasteiger partial charge in [0.1, 0.15) is 17.2 Å². The third-order valence-electron chi connectivity index (χ3n) is 3.22. The van der Waals surface area contributed by atoms with Crippen LogP contribution in [0.15, 0.2) is 72.8 Å². The van der Waals surface area contributed by atoms with Crippen LogP contribution in [0, 0.1) is 0 Å². The number of aliphatic hydroxyl groups is 1. The van der Waals surface area contributed by atoms with Gasteiger partial charge in [0.15, 0.2) is 11.5 Å². The van der Waals surface area contributed by atoms with E-state index in [2.05, 4.69) is 0 Å². The number of benzene rings is 3. The van der Waals surface area contributed by atoms with Crippen LogP contribution >= 0.6 is 0 Å². The molecule has 0 radical (unpaired) electrons. The summed E-state index contributed by atoms with van der Waals surface area (Å²) < 4.78 is 11.7. The number of phenols is 1. The summed E-state index contributed by atoms with van der Waals surface area (Å²) in [5.41, 5.74) is 0.444. The Balaban J connectivity index is 2.01. The summed E-state index contributed by atoms with van der Waals surface area (Å²) >= 11 is 0. The summed E-state index contributed by atoms with van der Waals surface area (Å²) in [5.74, 6) is 1.94. The average molecular weight is 308 g/mol. The van der Waals surface area contributed by atoms with Crippen molar-refractivity contribution in [3.63, 3.8) is 0 Å². The fourth-order valence-electron chi connectivity index (χ4n) is 2.17. The number of ether oxygens (including phenoxy) is 2. The van der Waals surface area contributed by atoms with Gasteiger partial charge in [0, 0.05) is 11.6 Å². The van der Waals surface area contributed by atoms with Crippen LogP contribution in [0.5, 0.6) is 28.7 Å². The number of aromatic hydroxyl groups is 1. The second-order valence-corrected chi connectivity index (χ2v) is 4.92. The molecule has 0 saturated carbocycles. The second-order valence-electron chi connectivity index (χ2n) is 4.92. The van der Waals surface area contributed by atoms with E-state index in [0.29, 0.717) is 28.6 Å². The van der Waals surface area contributed by atoms with Gasteiger partial charge in [0.05, 0.1) is 6.61 Å². The molecule has 0 fully saturated rings. The molecule has 3 aromatic rings. The zero-order valence-electron chi connectivity index (χ0n) is 12.3. The lowest BCUT2D eigenvalue weighted by atomic mass is 10.1. The Bertz CT molecular complexity index is 770. The first-order valence-electron chi connectivity index (χ1n) is 7.19. The molecule has 23 heavy (non-hydrogen) atoms. The van der Waals surface area contributed by atoms with Crippen molar-refractivity contribution in [2.45, 2.75) is 6.61 Å². The lowest BCUT2D eigenvalue weighted by molar-refractivity contribution is 0.273. The molecule has 116 valence electrons. The summed E-state index contributed by atoms with van der Waals surface area (Å²) in [6, 6.07) is 21.3. The molecule has 0 aliphatic carbocycles. The SMILES string of the molecule is OCc1cc(O)cc(Oc2ccccc2)c1Oc1ccccc1. The van der Waals surface area contributed by atoms with Gasteiger partial charge >= 0.3 is 0 Å². The van der Waals surface area contributed by atoms with Crippen molar-refractivity contribution in [1.82, 2.24) is 0 Å². The Kier molecular flexibility index (Phi) is 4.45. The normalized spacial score (nSPS) is 10.3. The smallest absolute Gasteiger partial charge is 0.175 e. The van der Waals surface area contributed by atoms with Crippen molar-refractivity contribution < 1.29 is 19.7 Å². The molecule has 0 aliphatic heterocycles. The van der Waals surface area contributed by atoms with E-state index in [1.807, 2.05) is 36.4 Å². The number of phenolic OH excluding ortho intramolecular Hbond substituents is 1. The summed E-state index contributed by atoms with van der Waals surface area (Å²) in [5, 5.41) is 19.4. The predicted octanol–water partition coefficient (Wildman–Crippen LogP) is 4.47. The molecule has 0 spiro atoms. The van der Waals surface area contributed by atoms with E-state index in [1.54, 1.807) is 24.3 Å². The molecule has 0 atom stereocenters. The van der Waals surface area contributed by atoms with Gasteiger partial charge in [-0.2, -0.15) is 0 Å². The maximum absolute atomic E-state index is 9.85. The van der Waals surface area contributed by atoms with Crippen LogP contribution in [0.25, 0.3) is 0 Å². The van der Waals surface area contributed by atoms with Crippen LogP contribution in [0.4, 0.5) is 0 Å². The maximum atomic E-state index is 9.85. The minimum atomic E-state index is -0.276. The highest BCUT2D eigenvalue weighted by Gasteiger charge is 2.15. The van der Waals surface area contributed by atoms with Crippen LogP contribution in [-0.4, -0.2) is 10.2 Å². The lowest BCUT2D eigenvalue weighted by Gasteiger charge is -2.16. The zero-order valence-corrected chi connectivity index (χ0v) is 12.3. The monoisotopic (exact) mass is 308 g/mol. The second kappa shape index (κ2) is 6.85. The topological polar surface area (TPSA) is 58.9 Å². The van der Waals surface area contributed by atoms with Gasteiger partial charge in [-0.05, 0) is 30.3 Å². The van der Waals surface area contributed by atoms with Gasteiger partial charge < -0.3 is 19.7 Å². The molecule has 2 N–H and O–H groups in total. The lowest BCUT2D eigenvalue weighted by Crippen LogP contribution is -1.96. The quantitative estimate of drug-likeness (QED) is 0.730. The fourth-order valence-corrected chi connectivity index (χ4v) is 2.17. The number of aliphatic hydroxyl groups excluding tert-OH is 1. The van der Waals surface area contributed by atoms with E-state index < -0.39 is 0 Å². The van der Waals surface area contributed by atoms with Crippen molar-refractivity contribution in [3.8, 4) is 28.7 Å². The van der Waals surface area contributed by atoms with Crippen molar-refractivity contribution in [3.05, 3.63) is 78.4 Å². The Hall–Kier alpha value is -2.98. The first kappa shape index (κ1) is 14.9. The molecule has 4 heteroatoms. The van der Waals surface area contributed by atoms with Crippen LogP contribution in [-0.2, 0) is 6.61 Å². The van der Waals surface area contributed by atoms with Gasteiger partial charge in [0.25, 0.3) is 0 Å². The zero-order chi connectivity index (χ0) is 16.1. The number of hydrogen-bond acceptors (Lipinski definition) is 4. The third kappa shape index (κ3) is 3.62. The molecule has 3 rings (SSSR count). The minimum Gasteiger partial charge on any atom is -0.508 e. The molecular formula is C19H16O4. The Morgan fingerprint density at radius 3 is 1.87 bits per heavy atom. The molecule has 0 aromatic heterocycles. The molecule has 0 unspecified atom stereocenters. The van der Waals surface area contributed by atoms with E-state index in [-0.39, 0.29) is 12.4 Å². The van der Waals surface area contributed by atoms with Crippen molar-refractivity contribution in [2.75, 3.05) is 0 Å². The molecule has 0 bridgehead atoms. The molecule has 0 saturated heterocycles. The Labute approximate surface area is 134 Å². The van der Waals surface area contributed by atoms with Crippen molar-refractivity contribution in [2.24, 2.45) is 0 Å². The van der Waals surface area contributed by atoms with Crippen molar-refractivity contribution in [1.29, 1.82) is 0 Å². The van der Waals surface area contributed by atoms with E-state index in [9.17, 15) is 10.2 Å². The first-order valence-corrected chi connectivity index (χ1v) is 7.19. The van der Waals surface area contributed by atoms with Crippen LogP contribution in [0.1, 0.15) is 5.56 Å². The van der Waals surface area contributed by atoms with Gasteiger partial charge in [-0.25, -0.2) is 0 Å². The van der Waals surface area contributed by atoms with Gasteiger partial charge in [-0.15, -0.1) is 0 Å². The summed E-state index contributed by atoms with van der Waals surface area (Å²) in [7, 11) is 0. The van der Waals surface area contributed by atoms with E-state index in [1.165, 1.54) is 12.1 Å². The highest BCUT2D eigenvalue weighted by molar-refractivity contribution is 5.54. The van der Waals surface area contributed by atoms with Crippen LogP contribution in [0.2, 0.25) is 0 Å². The van der Waals surface area contributed by atoms with Crippen LogP contribution in [0.3, 0.4) is 0 Å². The highest BCUT2D eigenvalue weighted by Crippen LogP contribution is 2.40. The number of hydrogen-bond donors (Lipinski definition) is 2. The van der Waals surface area contributed by atoms with E-state index in [4.69, 9.17) is 9.47 Å². The van der Waals surface area contributed by atoms with Gasteiger partial charge in [-0.1, -0.05) is 36.4 Å². The maximum Gasteiger partial charge on any atom is 0.175 e. The first-order chi connectivity index (χ1) is 11.3. The molecule has 4 nitrogen and oxygen atoms in total. The standard InChI is InChI=1S/C19H16O4/c20-13-14-11-15(21)12-18(22-16-7-3-1-4-8-16)19(14)23-17-9-5-2-6-10-17/h1-12,20-21H,13H2. The number of para-hydroxylation sites is 2. The molecule has 0 aliphatic rings. The minimum absolute atomic E-state index is 0.000364. The van der Waals surface area contributed by atoms with E-state index >= 15 is 0 Å². The fraction of sp³-hybridized carbons (Fsp3) is 0.0526. The Morgan fingerprint density at radius 2 is 1.30 bits per heavy atom. The largest absolute Gasteiger partial charge is 0.508 e. The van der Waals surface area contributed by atoms with Gasteiger partial charge in [0.2, 0.25) is 0 Å². The molecular weight excluding hydrogens is 292 g/mol. The number of rotatable bonds is 5. The average Bonchev–Trinajstić information content (AvgIpc) is 2.59.